The highest BCUT2D eigenvalue weighted by Crippen LogP contribution is 2.10. The van der Waals surface area contributed by atoms with Crippen LogP contribution in [0, 0.1) is 0 Å². The van der Waals surface area contributed by atoms with Crippen LogP contribution >= 0.6 is 0 Å². The third kappa shape index (κ3) is 2.06. The zero-order valence-corrected chi connectivity index (χ0v) is 6.70. The molecular formula is C5H14N2OSi. The van der Waals surface area contributed by atoms with Crippen LogP contribution in [0.2, 0.25) is 6.04 Å². The molecule has 0 amide bonds. The Morgan fingerprint density at radius 2 is 2.11 bits per heavy atom. The Bertz CT molecular complexity index is 83.0. The Hall–Kier alpha value is 0.0969. The second kappa shape index (κ2) is 3.31. The quantitative estimate of drug-likeness (QED) is 0.380. The molecule has 1 heterocycles. The van der Waals surface area contributed by atoms with E-state index in [0.717, 1.165) is 12.7 Å². The zero-order valence-electron chi connectivity index (χ0n) is 5.55. The van der Waals surface area contributed by atoms with Gasteiger partial charge in [0, 0.05) is 6.61 Å². The molecule has 0 aromatic carbocycles. The molecule has 54 valence electrons. The van der Waals surface area contributed by atoms with Gasteiger partial charge in [0.2, 0.25) is 9.04 Å². The van der Waals surface area contributed by atoms with E-state index in [4.69, 9.17) is 15.9 Å². The van der Waals surface area contributed by atoms with Gasteiger partial charge >= 0.3 is 0 Å². The van der Waals surface area contributed by atoms with E-state index in [2.05, 4.69) is 0 Å². The van der Waals surface area contributed by atoms with Crippen LogP contribution in [-0.2, 0) is 4.43 Å². The van der Waals surface area contributed by atoms with E-state index in [-0.39, 0.29) is 5.79 Å². The summed E-state index contributed by atoms with van der Waals surface area (Å²) in [5, 5.41) is 0. The summed E-state index contributed by atoms with van der Waals surface area (Å²) in [6, 6.07) is 1.16. The van der Waals surface area contributed by atoms with E-state index in [1.807, 2.05) is 0 Å². The molecule has 0 aromatic heterocycles. The van der Waals surface area contributed by atoms with Crippen LogP contribution in [0.25, 0.3) is 0 Å². The SMILES string of the molecule is NC(N)[SiH]1CCCCO1. The van der Waals surface area contributed by atoms with Crippen LogP contribution in [0.15, 0.2) is 0 Å². The minimum absolute atomic E-state index is 0.148. The molecule has 4 heteroatoms. The highest BCUT2D eigenvalue weighted by molar-refractivity contribution is 6.53. The average molecular weight is 146 g/mol. The fourth-order valence-corrected chi connectivity index (χ4v) is 3.00. The van der Waals surface area contributed by atoms with Crippen LogP contribution in [0.1, 0.15) is 12.8 Å². The van der Waals surface area contributed by atoms with Crippen LogP contribution < -0.4 is 11.5 Å². The first kappa shape index (κ1) is 7.21. The van der Waals surface area contributed by atoms with E-state index < -0.39 is 9.04 Å². The molecule has 0 aromatic rings. The van der Waals surface area contributed by atoms with Crippen LogP contribution in [0.5, 0.6) is 0 Å². The lowest BCUT2D eigenvalue weighted by Crippen LogP contribution is -2.49. The molecule has 0 saturated carbocycles. The lowest BCUT2D eigenvalue weighted by atomic mass is 10.4. The van der Waals surface area contributed by atoms with Gasteiger partial charge in [-0.3, -0.25) is 0 Å². The molecule has 1 atom stereocenters. The Morgan fingerprint density at radius 1 is 1.33 bits per heavy atom. The van der Waals surface area contributed by atoms with Crippen molar-refractivity contribution >= 4 is 9.04 Å². The predicted octanol–water partition coefficient (Wildman–Crippen LogP) is -0.697. The topological polar surface area (TPSA) is 61.3 Å². The Labute approximate surface area is 57.1 Å². The largest absolute Gasteiger partial charge is 0.417 e. The van der Waals surface area contributed by atoms with Gasteiger partial charge in [0.05, 0.1) is 5.79 Å². The first-order valence-corrected chi connectivity index (χ1v) is 5.39. The van der Waals surface area contributed by atoms with Crippen molar-refractivity contribution in [1.82, 2.24) is 0 Å². The molecular weight excluding hydrogens is 132 g/mol. The standard InChI is InChI=1S/C5H14N2OSi/c6-5(7)9-4-2-1-3-8-9/h5,9H,1-4,6-7H2. The van der Waals surface area contributed by atoms with Gasteiger partial charge in [-0.15, -0.1) is 0 Å². The Kier molecular flexibility index (Phi) is 2.65. The van der Waals surface area contributed by atoms with Crippen molar-refractivity contribution < 1.29 is 4.43 Å². The molecule has 3 nitrogen and oxygen atoms in total. The lowest BCUT2D eigenvalue weighted by molar-refractivity contribution is 0.280. The highest BCUT2D eigenvalue weighted by atomic mass is 28.3. The van der Waals surface area contributed by atoms with Crippen molar-refractivity contribution in [3.63, 3.8) is 0 Å². The summed E-state index contributed by atoms with van der Waals surface area (Å²) in [5.41, 5.74) is 11.0. The first-order chi connectivity index (χ1) is 4.30. The molecule has 1 aliphatic rings. The zero-order chi connectivity index (χ0) is 6.69. The third-order valence-electron chi connectivity index (χ3n) is 1.64. The molecule has 0 spiro atoms. The minimum atomic E-state index is -1.14. The van der Waals surface area contributed by atoms with Gasteiger partial charge in [-0.05, 0) is 12.5 Å². The average Bonchev–Trinajstić information content (AvgIpc) is 1.90. The van der Waals surface area contributed by atoms with Crippen LogP contribution in [0.3, 0.4) is 0 Å². The summed E-state index contributed by atoms with van der Waals surface area (Å²) in [5.74, 6) is -0.148. The van der Waals surface area contributed by atoms with E-state index in [9.17, 15) is 0 Å². The third-order valence-corrected chi connectivity index (χ3v) is 4.14. The van der Waals surface area contributed by atoms with Gasteiger partial charge in [0.1, 0.15) is 0 Å². The molecule has 0 radical (unpaired) electrons. The smallest absolute Gasteiger partial charge is 0.207 e. The highest BCUT2D eigenvalue weighted by Gasteiger charge is 2.19. The lowest BCUT2D eigenvalue weighted by Gasteiger charge is -2.23. The van der Waals surface area contributed by atoms with Crippen molar-refractivity contribution in [2.24, 2.45) is 11.5 Å². The number of nitrogens with two attached hydrogens (primary N) is 2. The number of rotatable bonds is 1. The summed E-state index contributed by atoms with van der Waals surface area (Å²) < 4.78 is 5.43. The van der Waals surface area contributed by atoms with Gasteiger partial charge in [-0.25, -0.2) is 0 Å². The van der Waals surface area contributed by atoms with Crippen molar-refractivity contribution in [1.29, 1.82) is 0 Å². The van der Waals surface area contributed by atoms with Crippen molar-refractivity contribution in [3.8, 4) is 0 Å². The molecule has 1 saturated heterocycles. The molecule has 1 rings (SSSR count). The molecule has 1 fully saturated rings. The van der Waals surface area contributed by atoms with Crippen molar-refractivity contribution in [2.45, 2.75) is 24.7 Å². The minimum Gasteiger partial charge on any atom is -0.417 e. The normalized spacial score (nSPS) is 29.0. The van der Waals surface area contributed by atoms with Gasteiger partial charge < -0.3 is 15.9 Å². The Balaban J connectivity index is 2.23. The van der Waals surface area contributed by atoms with Crippen LogP contribution in [0.4, 0.5) is 0 Å². The van der Waals surface area contributed by atoms with Gasteiger partial charge in [0.15, 0.2) is 0 Å². The predicted molar refractivity (Wildman–Crippen MR) is 39.3 cm³/mol. The van der Waals surface area contributed by atoms with Gasteiger partial charge in [0.25, 0.3) is 0 Å². The Morgan fingerprint density at radius 3 is 2.44 bits per heavy atom. The maximum atomic E-state index is 5.48. The van der Waals surface area contributed by atoms with Crippen molar-refractivity contribution in [2.75, 3.05) is 6.61 Å². The molecule has 9 heavy (non-hydrogen) atoms. The monoisotopic (exact) mass is 146 g/mol. The molecule has 4 N–H and O–H groups in total. The van der Waals surface area contributed by atoms with Crippen LogP contribution in [-0.4, -0.2) is 21.4 Å². The van der Waals surface area contributed by atoms with E-state index in [1.165, 1.54) is 12.8 Å². The van der Waals surface area contributed by atoms with Gasteiger partial charge in [-0.1, -0.05) is 6.42 Å². The van der Waals surface area contributed by atoms with E-state index >= 15 is 0 Å². The fraction of sp³-hybridized carbons (Fsp3) is 1.00. The first-order valence-electron chi connectivity index (χ1n) is 3.43. The second-order valence-corrected chi connectivity index (χ2v) is 5.24. The summed E-state index contributed by atoms with van der Waals surface area (Å²) >= 11 is 0. The molecule has 0 aliphatic carbocycles. The summed E-state index contributed by atoms with van der Waals surface area (Å²) in [7, 11) is -1.14. The van der Waals surface area contributed by atoms with E-state index in [0.29, 0.717) is 0 Å². The molecule has 1 aliphatic heterocycles. The maximum Gasteiger partial charge on any atom is 0.207 e. The van der Waals surface area contributed by atoms with Crippen molar-refractivity contribution in [3.05, 3.63) is 0 Å². The summed E-state index contributed by atoms with van der Waals surface area (Å²) in [4.78, 5) is 0. The fourth-order valence-electron chi connectivity index (χ4n) is 1.07. The number of hydrogen-bond acceptors (Lipinski definition) is 3. The summed E-state index contributed by atoms with van der Waals surface area (Å²) in [6.07, 6.45) is 2.46. The number of hydrogen-bond donors (Lipinski definition) is 2. The summed E-state index contributed by atoms with van der Waals surface area (Å²) in [6.45, 7) is 0.891. The molecule has 0 bridgehead atoms. The van der Waals surface area contributed by atoms with Gasteiger partial charge in [-0.2, -0.15) is 0 Å². The van der Waals surface area contributed by atoms with E-state index in [1.54, 1.807) is 0 Å². The molecule has 1 unspecified atom stereocenters. The maximum absolute atomic E-state index is 5.48. The second-order valence-electron chi connectivity index (χ2n) is 2.48.